The molecule has 0 saturated heterocycles. The van der Waals surface area contributed by atoms with E-state index in [1.165, 1.54) is 0 Å². The topological polar surface area (TPSA) is 47.0 Å². The summed E-state index contributed by atoms with van der Waals surface area (Å²) < 4.78 is 6.65. The van der Waals surface area contributed by atoms with Gasteiger partial charge in [0.1, 0.15) is 17.4 Å². The zero-order chi connectivity index (χ0) is 13.0. The van der Waals surface area contributed by atoms with Crippen LogP contribution in [0.4, 0.5) is 5.82 Å². The van der Waals surface area contributed by atoms with E-state index in [-0.39, 0.29) is 0 Å². The number of aromatic nitrogens is 2. The minimum atomic E-state index is 0.540. The molecule has 0 amide bonds. The highest BCUT2D eigenvalue weighted by Crippen LogP contribution is 2.28. The normalized spacial score (nSPS) is 10.2. The van der Waals surface area contributed by atoms with Crippen molar-refractivity contribution in [3.8, 4) is 11.6 Å². The monoisotopic (exact) mass is 307 g/mol. The van der Waals surface area contributed by atoms with E-state index < -0.39 is 0 Å². The maximum atomic E-state index is 5.76. The third-order valence-corrected chi connectivity index (χ3v) is 3.03. The molecule has 0 bridgehead atoms. The lowest BCUT2D eigenvalue weighted by Gasteiger charge is -2.09. The van der Waals surface area contributed by atoms with Crippen molar-refractivity contribution in [1.29, 1.82) is 0 Å². The van der Waals surface area contributed by atoms with Crippen molar-refractivity contribution in [3.63, 3.8) is 0 Å². The highest BCUT2D eigenvalue weighted by Gasteiger charge is 2.06. The van der Waals surface area contributed by atoms with E-state index in [0.717, 1.165) is 28.3 Å². The van der Waals surface area contributed by atoms with Crippen molar-refractivity contribution in [2.45, 2.75) is 13.3 Å². The molecule has 1 aromatic carbocycles. The molecule has 0 aliphatic heterocycles. The van der Waals surface area contributed by atoms with Gasteiger partial charge in [0, 0.05) is 19.5 Å². The molecule has 94 valence electrons. The minimum Gasteiger partial charge on any atom is -0.438 e. The first kappa shape index (κ1) is 12.8. The quantitative estimate of drug-likeness (QED) is 0.937. The van der Waals surface area contributed by atoms with Crippen LogP contribution in [0.25, 0.3) is 0 Å². The van der Waals surface area contributed by atoms with Crippen molar-refractivity contribution in [3.05, 3.63) is 40.6 Å². The van der Waals surface area contributed by atoms with Crippen LogP contribution in [0, 0.1) is 0 Å². The molecule has 18 heavy (non-hydrogen) atoms. The molecule has 0 spiro atoms. The third-order valence-electron chi connectivity index (χ3n) is 2.37. The second-order valence-corrected chi connectivity index (χ2v) is 4.50. The van der Waals surface area contributed by atoms with E-state index in [2.05, 4.69) is 31.2 Å². The summed E-state index contributed by atoms with van der Waals surface area (Å²) >= 11 is 3.44. The van der Waals surface area contributed by atoms with E-state index in [1.807, 2.05) is 38.2 Å². The molecule has 1 N–H and O–H groups in total. The Labute approximate surface area is 115 Å². The van der Waals surface area contributed by atoms with Gasteiger partial charge in [0.15, 0.2) is 0 Å². The maximum Gasteiger partial charge on any atom is 0.224 e. The Morgan fingerprint density at radius 1 is 1.28 bits per heavy atom. The number of benzene rings is 1. The Balaban J connectivity index is 2.31. The summed E-state index contributed by atoms with van der Waals surface area (Å²) in [6.07, 6.45) is 0.766. The van der Waals surface area contributed by atoms with E-state index in [0.29, 0.717) is 5.88 Å². The second kappa shape index (κ2) is 5.82. The van der Waals surface area contributed by atoms with Gasteiger partial charge in [0.2, 0.25) is 5.88 Å². The molecular formula is C13H14BrN3O. The van der Waals surface area contributed by atoms with Crippen LogP contribution >= 0.6 is 15.9 Å². The van der Waals surface area contributed by atoms with Crippen LogP contribution in [-0.4, -0.2) is 17.0 Å². The number of aryl methyl sites for hydroxylation is 1. The predicted octanol–water partition coefficient (Wildman–Crippen LogP) is 3.64. The molecule has 0 unspecified atom stereocenters. The fraction of sp³-hybridized carbons (Fsp3) is 0.231. The Morgan fingerprint density at radius 2 is 2.06 bits per heavy atom. The zero-order valence-corrected chi connectivity index (χ0v) is 11.9. The minimum absolute atomic E-state index is 0.540. The Bertz CT molecular complexity index is 523. The van der Waals surface area contributed by atoms with E-state index in [1.54, 1.807) is 6.07 Å². The number of nitrogens with one attached hydrogen (secondary N) is 1. The number of nitrogens with zero attached hydrogens (tertiary/aromatic N) is 2. The van der Waals surface area contributed by atoms with Gasteiger partial charge in [-0.3, -0.25) is 0 Å². The van der Waals surface area contributed by atoms with Gasteiger partial charge in [-0.05, 0) is 28.1 Å². The summed E-state index contributed by atoms with van der Waals surface area (Å²) in [5.74, 6) is 2.78. The van der Waals surface area contributed by atoms with Crippen molar-refractivity contribution in [2.75, 3.05) is 12.4 Å². The summed E-state index contributed by atoms with van der Waals surface area (Å²) in [5, 5.41) is 3.00. The SMILES string of the molecule is CCc1nc(NC)cc(Oc2ccccc2Br)n1. The number of ether oxygens (including phenoxy) is 1. The molecule has 0 fully saturated rings. The fourth-order valence-electron chi connectivity index (χ4n) is 1.45. The van der Waals surface area contributed by atoms with Gasteiger partial charge in [0.25, 0.3) is 0 Å². The van der Waals surface area contributed by atoms with Gasteiger partial charge in [-0.1, -0.05) is 19.1 Å². The Morgan fingerprint density at radius 3 is 2.72 bits per heavy atom. The van der Waals surface area contributed by atoms with Crippen molar-refractivity contribution >= 4 is 21.7 Å². The predicted molar refractivity (Wildman–Crippen MR) is 75.2 cm³/mol. The largest absolute Gasteiger partial charge is 0.438 e. The first-order valence-electron chi connectivity index (χ1n) is 5.71. The Kier molecular flexibility index (Phi) is 4.15. The zero-order valence-electron chi connectivity index (χ0n) is 10.3. The first-order chi connectivity index (χ1) is 8.72. The molecule has 4 nitrogen and oxygen atoms in total. The lowest BCUT2D eigenvalue weighted by Crippen LogP contribution is -2.01. The molecular weight excluding hydrogens is 294 g/mol. The highest BCUT2D eigenvalue weighted by molar-refractivity contribution is 9.10. The average Bonchev–Trinajstić information content (AvgIpc) is 2.41. The van der Waals surface area contributed by atoms with Crippen LogP contribution in [0.5, 0.6) is 11.6 Å². The third kappa shape index (κ3) is 2.98. The Hall–Kier alpha value is -1.62. The van der Waals surface area contributed by atoms with Gasteiger partial charge in [-0.15, -0.1) is 0 Å². The van der Waals surface area contributed by atoms with E-state index in [4.69, 9.17) is 4.74 Å². The number of hydrogen-bond donors (Lipinski definition) is 1. The van der Waals surface area contributed by atoms with Crippen molar-refractivity contribution in [1.82, 2.24) is 9.97 Å². The average molecular weight is 308 g/mol. The summed E-state index contributed by atoms with van der Waals surface area (Å²) in [6, 6.07) is 9.44. The van der Waals surface area contributed by atoms with Gasteiger partial charge in [-0.25, -0.2) is 4.98 Å². The van der Waals surface area contributed by atoms with Crippen LogP contribution in [0.3, 0.4) is 0 Å². The summed E-state index contributed by atoms with van der Waals surface area (Å²) in [5.41, 5.74) is 0. The van der Waals surface area contributed by atoms with Crippen LogP contribution < -0.4 is 10.1 Å². The molecule has 2 aromatic rings. The summed E-state index contributed by atoms with van der Waals surface area (Å²) in [7, 11) is 1.82. The standard InChI is InChI=1S/C13H14BrN3O/c1-3-11-16-12(15-2)8-13(17-11)18-10-7-5-4-6-9(10)14/h4-8H,3H2,1-2H3,(H,15,16,17). The molecule has 1 heterocycles. The number of hydrogen-bond acceptors (Lipinski definition) is 4. The number of anilines is 1. The molecule has 0 aliphatic rings. The smallest absolute Gasteiger partial charge is 0.224 e. The van der Waals surface area contributed by atoms with Gasteiger partial charge >= 0.3 is 0 Å². The van der Waals surface area contributed by atoms with Crippen LogP contribution in [0.1, 0.15) is 12.7 Å². The van der Waals surface area contributed by atoms with E-state index >= 15 is 0 Å². The maximum absolute atomic E-state index is 5.76. The van der Waals surface area contributed by atoms with Gasteiger partial charge in [0.05, 0.1) is 4.47 Å². The molecule has 2 rings (SSSR count). The lowest BCUT2D eigenvalue weighted by atomic mass is 10.3. The fourth-order valence-corrected chi connectivity index (χ4v) is 1.82. The van der Waals surface area contributed by atoms with Gasteiger partial charge in [-0.2, -0.15) is 4.98 Å². The highest BCUT2D eigenvalue weighted by atomic mass is 79.9. The molecule has 0 aliphatic carbocycles. The molecule has 0 saturated carbocycles. The van der Waals surface area contributed by atoms with Gasteiger partial charge < -0.3 is 10.1 Å². The summed E-state index contributed by atoms with van der Waals surface area (Å²) in [4.78, 5) is 8.66. The van der Waals surface area contributed by atoms with Crippen LogP contribution in [-0.2, 0) is 6.42 Å². The number of rotatable bonds is 4. The molecule has 0 atom stereocenters. The van der Waals surface area contributed by atoms with Crippen molar-refractivity contribution in [2.24, 2.45) is 0 Å². The second-order valence-electron chi connectivity index (χ2n) is 3.64. The summed E-state index contributed by atoms with van der Waals surface area (Å²) in [6.45, 7) is 2.01. The number of halogens is 1. The molecule has 0 radical (unpaired) electrons. The van der Waals surface area contributed by atoms with Crippen LogP contribution in [0.2, 0.25) is 0 Å². The first-order valence-corrected chi connectivity index (χ1v) is 6.50. The molecule has 5 heteroatoms. The van der Waals surface area contributed by atoms with Crippen molar-refractivity contribution < 1.29 is 4.74 Å². The van der Waals surface area contributed by atoms with E-state index in [9.17, 15) is 0 Å². The molecule has 1 aromatic heterocycles. The number of para-hydroxylation sites is 1. The lowest BCUT2D eigenvalue weighted by molar-refractivity contribution is 0.456. The van der Waals surface area contributed by atoms with Crippen LogP contribution in [0.15, 0.2) is 34.8 Å².